The molecule has 1 atom stereocenters. The molecular weight excluding hydrogens is 540 g/mol. The van der Waals surface area contributed by atoms with Crippen molar-refractivity contribution in [2.45, 2.75) is 24.8 Å². The molecule has 0 unspecified atom stereocenters. The van der Waals surface area contributed by atoms with Crippen molar-refractivity contribution in [1.82, 2.24) is 9.79 Å². The standard InChI is InChI=1S/C24H27F2N5O7S/c1-15(32)27-13-19-14-30(24(34)38-19)18-11-21(25)23(22(26)12-18)29-7-8-31(37-10-9-29)39(35,36)20-5-3-17(4-6-20)28-16(2)33/h3-6,11-12,19H,7-10,13-14H2,1-2H3,(H,27,32)(H,28,33)/t19-/m0/s1. The highest BCUT2D eigenvalue weighted by Crippen LogP contribution is 2.32. The highest BCUT2D eigenvalue weighted by Gasteiger charge is 2.34. The summed E-state index contributed by atoms with van der Waals surface area (Å²) in [6.07, 6.45) is -1.48. The highest BCUT2D eigenvalue weighted by molar-refractivity contribution is 7.89. The van der Waals surface area contributed by atoms with E-state index in [9.17, 15) is 22.8 Å². The number of cyclic esters (lactones) is 1. The number of anilines is 3. The number of halogens is 2. The number of carbonyl (C=O) groups excluding carboxylic acids is 3. The Bertz CT molecular complexity index is 1350. The third kappa shape index (κ3) is 6.43. The molecular formula is C24H27F2N5O7S. The van der Waals surface area contributed by atoms with Crippen molar-refractivity contribution in [3.8, 4) is 0 Å². The summed E-state index contributed by atoms with van der Waals surface area (Å²) < 4.78 is 62.4. The van der Waals surface area contributed by atoms with E-state index in [1.807, 2.05) is 0 Å². The number of hydrogen-bond acceptors (Lipinski definition) is 8. The maximum absolute atomic E-state index is 15.2. The van der Waals surface area contributed by atoms with Gasteiger partial charge in [0.1, 0.15) is 11.8 Å². The minimum atomic E-state index is -4.10. The van der Waals surface area contributed by atoms with Crippen LogP contribution < -0.4 is 20.4 Å². The van der Waals surface area contributed by atoms with Crippen LogP contribution in [0.5, 0.6) is 0 Å². The number of amides is 3. The van der Waals surface area contributed by atoms with Gasteiger partial charge < -0.3 is 20.3 Å². The smallest absolute Gasteiger partial charge is 0.414 e. The van der Waals surface area contributed by atoms with E-state index in [1.165, 1.54) is 43.0 Å². The molecule has 4 rings (SSSR count). The van der Waals surface area contributed by atoms with Crippen LogP contribution in [0.3, 0.4) is 0 Å². The first-order valence-corrected chi connectivity index (χ1v) is 13.4. The molecule has 0 spiro atoms. The van der Waals surface area contributed by atoms with Crippen molar-refractivity contribution in [1.29, 1.82) is 0 Å². The molecule has 12 nitrogen and oxygen atoms in total. The zero-order chi connectivity index (χ0) is 28.3. The van der Waals surface area contributed by atoms with Gasteiger partial charge in [0.2, 0.25) is 11.8 Å². The maximum Gasteiger partial charge on any atom is 0.414 e. The number of ether oxygens (including phenoxy) is 1. The van der Waals surface area contributed by atoms with Crippen LogP contribution in [0.4, 0.5) is 30.6 Å². The van der Waals surface area contributed by atoms with Crippen molar-refractivity contribution in [3.63, 3.8) is 0 Å². The second kappa shape index (κ2) is 11.5. The zero-order valence-corrected chi connectivity index (χ0v) is 22.0. The Morgan fingerprint density at radius 2 is 1.69 bits per heavy atom. The molecule has 2 fully saturated rings. The zero-order valence-electron chi connectivity index (χ0n) is 21.1. The van der Waals surface area contributed by atoms with Gasteiger partial charge in [0.05, 0.1) is 36.8 Å². The van der Waals surface area contributed by atoms with Crippen LogP contribution in [-0.2, 0) is 29.2 Å². The minimum absolute atomic E-state index is 0.00644. The van der Waals surface area contributed by atoms with Gasteiger partial charge in [-0.1, -0.05) is 4.47 Å². The summed E-state index contributed by atoms with van der Waals surface area (Å²) in [5.74, 6) is -2.51. The molecule has 2 aliphatic rings. The van der Waals surface area contributed by atoms with E-state index in [2.05, 4.69) is 10.6 Å². The molecule has 0 bridgehead atoms. The Balaban J connectivity index is 1.46. The number of hydrogen-bond donors (Lipinski definition) is 2. The molecule has 39 heavy (non-hydrogen) atoms. The maximum atomic E-state index is 15.2. The van der Waals surface area contributed by atoms with Crippen LogP contribution in [0.1, 0.15) is 13.8 Å². The Morgan fingerprint density at radius 3 is 2.31 bits per heavy atom. The lowest BCUT2D eigenvalue weighted by Gasteiger charge is -2.24. The number of rotatable bonds is 7. The lowest BCUT2D eigenvalue weighted by atomic mass is 10.2. The topological polar surface area (TPSA) is 138 Å². The van der Waals surface area contributed by atoms with Crippen LogP contribution in [0.25, 0.3) is 0 Å². The molecule has 0 radical (unpaired) electrons. The molecule has 2 aromatic carbocycles. The van der Waals surface area contributed by atoms with Crippen LogP contribution in [-0.4, -0.2) is 76.2 Å². The van der Waals surface area contributed by atoms with Crippen LogP contribution in [0, 0.1) is 11.6 Å². The molecule has 2 aliphatic heterocycles. The summed E-state index contributed by atoms with van der Waals surface area (Å²) in [6.45, 7) is 2.21. The second-order valence-electron chi connectivity index (χ2n) is 8.87. The molecule has 2 aromatic rings. The fourth-order valence-electron chi connectivity index (χ4n) is 4.18. The van der Waals surface area contributed by atoms with E-state index in [0.29, 0.717) is 5.69 Å². The van der Waals surface area contributed by atoms with Gasteiger partial charge in [0, 0.05) is 44.8 Å². The molecule has 0 aliphatic carbocycles. The van der Waals surface area contributed by atoms with Crippen molar-refractivity contribution in [3.05, 3.63) is 48.0 Å². The first-order chi connectivity index (χ1) is 18.5. The largest absolute Gasteiger partial charge is 0.442 e. The quantitative estimate of drug-likeness (QED) is 0.517. The van der Waals surface area contributed by atoms with Gasteiger partial charge in [-0.15, -0.1) is 0 Å². The number of nitrogens with one attached hydrogen (secondary N) is 2. The third-order valence-corrected chi connectivity index (χ3v) is 7.66. The number of carbonyl (C=O) groups is 3. The van der Waals surface area contributed by atoms with Gasteiger partial charge in [-0.05, 0) is 24.3 Å². The fourth-order valence-corrected chi connectivity index (χ4v) is 5.43. The number of benzene rings is 2. The predicted octanol–water partition coefficient (Wildman–Crippen LogP) is 1.83. The Morgan fingerprint density at radius 1 is 1.03 bits per heavy atom. The molecule has 3 amide bonds. The Labute approximate surface area is 223 Å². The molecule has 2 N–H and O–H groups in total. The SMILES string of the molecule is CC(=O)NC[C@H]1CN(c2cc(F)c(N3CCON(S(=O)(=O)c4ccc(NC(C)=O)cc4)CC3)c(F)c2)C(=O)O1. The lowest BCUT2D eigenvalue weighted by molar-refractivity contribution is -0.119. The van der Waals surface area contributed by atoms with E-state index in [4.69, 9.17) is 9.57 Å². The van der Waals surface area contributed by atoms with E-state index < -0.39 is 33.9 Å². The van der Waals surface area contributed by atoms with E-state index >= 15 is 8.78 Å². The average Bonchev–Trinajstić information content (AvgIpc) is 3.06. The van der Waals surface area contributed by atoms with Gasteiger partial charge in [-0.25, -0.2) is 22.0 Å². The summed E-state index contributed by atoms with van der Waals surface area (Å²) in [7, 11) is -4.10. The summed E-state index contributed by atoms with van der Waals surface area (Å²) >= 11 is 0. The van der Waals surface area contributed by atoms with Crippen LogP contribution in [0.15, 0.2) is 41.3 Å². The first-order valence-electron chi connectivity index (χ1n) is 12.0. The predicted molar refractivity (Wildman–Crippen MR) is 135 cm³/mol. The molecule has 0 aromatic heterocycles. The van der Waals surface area contributed by atoms with Gasteiger partial charge in [0.15, 0.2) is 11.6 Å². The fraction of sp³-hybridized carbons (Fsp3) is 0.375. The molecule has 0 saturated carbocycles. The van der Waals surface area contributed by atoms with Gasteiger partial charge in [-0.2, -0.15) is 0 Å². The number of nitrogens with zero attached hydrogens (tertiary/aromatic N) is 3. The van der Waals surface area contributed by atoms with Gasteiger partial charge in [-0.3, -0.25) is 19.3 Å². The Kier molecular flexibility index (Phi) is 8.32. The second-order valence-corrected chi connectivity index (χ2v) is 10.7. The van der Waals surface area contributed by atoms with E-state index in [0.717, 1.165) is 21.5 Å². The highest BCUT2D eigenvalue weighted by atomic mass is 32.2. The summed E-state index contributed by atoms with van der Waals surface area (Å²) in [6, 6.07) is 7.49. The molecule has 2 heterocycles. The Hall–Kier alpha value is -3.82. The molecule has 15 heteroatoms. The number of sulfonamides is 1. The van der Waals surface area contributed by atoms with Gasteiger partial charge >= 0.3 is 6.09 Å². The lowest BCUT2D eigenvalue weighted by Crippen LogP contribution is -2.35. The first kappa shape index (κ1) is 28.2. The third-order valence-electron chi connectivity index (χ3n) is 5.97. The summed E-state index contributed by atoms with van der Waals surface area (Å²) in [5, 5.41) is 5.07. The van der Waals surface area contributed by atoms with Crippen molar-refractivity contribution in [2.24, 2.45) is 0 Å². The summed E-state index contributed by atoms with van der Waals surface area (Å²) in [4.78, 5) is 42.2. The van der Waals surface area contributed by atoms with Crippen LogP contribution >= 0.6 is 0 Å². The normalized spacial score (nSPS) is 18.5. The molecule has 2 saturated heterocycles. The minimum Gasteiger partial charge on any atom is -0.442 e. The monoisotopic (exact) mass is 567 g/mol. The van der Waals surface area contributed by atoms with Crippen molar-refractivity contribution < 1.29 is 41.2 Å². The van der Waals surface area contributed by atoms with Gasteiger partial charge in [0.25, 0.3) is 10.0 Å². The van der Waals surface area contributed by atoms with Crippen molar-refractivity contribution >= 4 is 45.0 Å². The summed E-state index contributed by atoms with van der Waals surface area (Å²) in [5.41, 5.74) is -0.0186. The van der Waals surface area contributed by atoms with Crippen LogP contribution in [0.2, 0.25) is 0 Å². The number of hydroxylamine groups is 1. The van der Waals surface area contributed by atoms with Crippen molar-refractivity contribution in [2.75, 3.05) is 54.4 Å². The molecule has 210 valence electrons. The van der Waals surface area contributed by atoms with E-state index in [1.54, 1.807) is 0 Å². The average molecular weight is 568 g/mol. The van der Waals surface area contributed by atoms with E-state index in [-0.39, 0.29) is 67.4 Å².